The van der Waals surface area contributed by atoms with E-state index in [0.29, 0.717) is 16.6 Å². The molecule has 2 heterocycles. The van der Waals surface area contributed by atoms with E-state index in [-0.39, 0.29) is 5.91 Å². The monoisotopic (exact) mass is 291 g/mol. The van der Waals surface area contributed by atoms with Gasteiger partial charge >= 0.3 is 0 Å². The Morgan fingerprint density at radius 1 is 1.42 bits per heavy atom. The minimum atomic E-state index is -0.0902. The maximum absolute atomic E-state index is 11.8. The fourth-order valence-corrected chi connectivity index (χ4v) is 2.92. The van der Waals surface area contributed by atoms with Gasteiger partial charge in [-0.15, -0.1) is 0 Å². The van der Waals surface area contributed by atoms with E-state index in [1.54, 1.807) is 12.3 Å². The fourth-order valence-electron chi connectivity index (χ4n) is 1.77. The first-order valence-corrected chi connectivity index (χ1v) is 6.88. The van der Waals surface area contributed by atoms with Crippen molar-refractivity contribution >= 4 is 44.2 Å². The molecule has 0 saturated carbocycles. The number of benzene rings is 1. The van der Waals surface area contributed by atoms with Crippen LogP contribution < -0.4 is 5.32 Å². The molecule has 1 amide bonds. The Kier molecular flexibility index (Phi) is 3.23. The van der Waals surface area contributed by atoms with E-state index in [1.165, 1.54) is 11.3 Å². The first-order chi connectivity index (χ1) is 9.20. The van der Waals surface area contributed by atoms with Crippen molar-refractivity contribution in [2.45, 2.75) is 6.42 Å². The molecule has 0 radical (unpaired) electrons. The van der Waals surface area contributed by atoms with Gasteiger partial charge in [0.25, 0.3) is 0 Å². The van der Waals surface area contributed by atoms with Gasteiger partial charge in [0.15, 0.2) is 5.13 Å². The molecule has 2 aromatic heterocycles. The molecule has 1 aromatic carbocycles. The number of hydrogen-bond acceptors (Lipinski definition) is 3. The van der Waals surface area contributed by atoms with Crippen molar-refractivity contribution in [2.75, 3.05) is 5.32 Å². The van der Waals surface area contributed by atoms with Crippen LogP contribution in [0.1, 0.15) is 5.69 Å². The van der Waals surface area contributed by atoms with E-state index in [4.69, 9.17) is 11.6 Å². The number of aromatic amines is 1. The van der Waals surface area contributed by atoms with Gasteiger partial charge in [0.1, 0.15) is 0 Å². The molecule has 0 fully saturated rings. The third-order valence-electron chi connectivity index (χ3n) is 2.61. The second-order valence-corrected chi connectivity index (χ2v) is 5.52. The lowest BCUT2D eigenvalue weighted by Crippen LogP contribution is -2.14. The highest BCUT2D eigenvalue weighted by atomic mass is 35.5. The number of amides is 1. The third-order valence-corrected chi connectivity index (χ3v) is 3.78. The van der Waals surface area contributed by atoms with E-state index in [9.17, 15) is 4.79 Å². The van der Waals surface area contributed by atoms with Gasteiger partial charge in [-0.1, -0.05) is 22.9 Å². The number of nitrogens with zero attached hydrogens (tertiary/aromatic N) is 1. The minimum Gasteiger partial charge on any atom is -0.365 e. The molecule has 96 valence electrons. The number of halogens is 1. The summed E-state index contributed by atoms with van der Waals surface area (Å²) in [7, 11) is 0. The molecule has 0 aliphatic rings. The molecule has 0 unspecified atom stereocenters. The third kappa shape index (κ3) is 2.77. The van der Waals surface area contributed by atoms with Crippen LogP contribution in [0.5, 0.6) is 0 Å². The van der Waals surface area contributed by atoms with Gasteiger partial charge in [-0.25, -0.2) is 4.98 Å². The van der Waals surface area contributed by atoms with Crippen LogP contribution in [0.15, 0.2) is 36.5 Å². The predicted molar refractivity (Wildman–Crippen MR) is 77.8 cm³/mol. The molecule has 6 heteroatoms. The maximum Gasteiger partial charge on any atom is 0.232 e. The summed E-state index contributed by atoms with van der Waals surface area (Å²) >= 11 is 7.33. The number of anilines is 1. The molecule has 4 nitrogen and oxygen atoms in total. The molecule has 0 bridgehead atoms. The van der Waals surface area contributed by atoms with E-state index >= 15 is 0 Å². The lowest BCUT2D eigenvalue weighted by Gasteiger charge is -1.99. The van der Waals surface area contributed by atoms with Crippen molar-refractivity contribution in [2.24, 2.45) is 0 Å². The zero-order valence-electron chi connectivity index (χ0n) is 9.81. The van der Waals surface area contributed by atoms with E-state index in [1.807, 2.05) is 24.3 Å². The molecule has 0 spiro atoms. The Morgan fingerprint density at radius 3 is 3.11 bits per heavy atom. The predicted octanol–water partition coefficient (Wildman–Crippen LogP) is 3.46. The molecule has 3 rings (SSSR count). The summed E-state index contributed by atoms with van der Waals surface area (Å²) in [5.41, 5.74) is 1.71. The quantitative estimate of drug-likeness (QED) is 0.776. The highest BCUT2D eigenvalue weighted by Gasteiger charge is 2.09. The molecule has 0 aliphatic carbocycles. The SMILES string of the molecule is O=C(Cc1ccc[nH]1)Nc1nc2ccc(Cl)cc2s1. The molecule has 0 aliphatic heterocycles. The van der Waals surface area contributed by atoms with Crippen LogP contribution in [0.4, 0.5) is 5.13 Å². The highest BCUT2D eigenvalue weighted by molar-refractivity contribution is 7.22. The summed E-state index contributed by atoms with van der Waals surface area (Å²) in [6.07, 6.45) is 2.10. The first-order valence-electron chi connectivity index (χ1n) is 5.69. The molecular weight excluding hydrogens is 282 g/mol. The Morgan fingerprint density at radius 2 is 2.32 bits per heavy atom. The second kappa shape index (κ2) is 5.03. The van der Waals surface area contributed by atoms with Crippen molar-refractivity contribution < 1.29 is 4.79 Å². The van der Waals surface area contributed by atoms with Crippen molar-refractivity contribution in [1.82, 2.24) is 9.97 Å². The normalized spacial score (nSPS) is 10.8. The number of carbonyl (C=O) groups excluding carboxylic acids is 1. The molecule has 0 saturated heterocycles. The summed E-state index contributed by atoms with van der Waals surface area (Å²) in [4.78, 5) is 19.2. The van der Waals surface area contributed by atoms with Crippen molar-refractivity contribution in [3.05, 3.63) is 47.2 Å². The molecule has 19 heavy (non-hydrogen) atoms. The number of carbonyl (C=O) groups is 1. The summed E-state index contributed by atoms with van der Waals surface area (Å²) in [6, 6.07) is 9.21. The van der Waals surface area contributed by atoms with Gasteiger partial charge in [0.05, 0.1) is 16.6 Å². The topological polar surface area (TPSA) is 57.8 Å². The van der Waals surface area contributed by atoms with Gasteiger partial charge in [0, 0.05) is 16.9 Å². The Hall–Kier alpha value is -1.85. The molecule has 0 atom stereocenters. The maximum atomic E-state index is 11.8. The lowest BCUT2D eigenvalue weighted by molar-refractivity contribution is -0.115. The number of nitrogens with one attached hydrogen (secondary N) is 2. The fraction of sp³-hybridized carbons (Fsp3) is 0.0769. The van der Waals surface area contributed by atoms with Gasteiger partial charge in [-0.2, -0.15) is 0 Å². The lowest BCUT2D eigenvalue weighted by atomic mass is 10.3. The van der Waals surface area contributed by atoms with E-state index in [0.717, 1.165) is 15.9 Å². The van der Waals surface area contributed by atoms with Crippen LogP contribution in [-0.4, -0.2) is 15.9 Å². The highest BCUT2D eigenvalue weighted by Crippen LogP contribution is 2.28. The number of rotatable bonds is 3. The average molecular weight is 292 g/mol. The zero-order valence-corrected chi connectivity index (χ0v) is 11.4. The van der Waals surface area contributed by atoms with Gasteiger partial charge in [-0.3, -0.25) is 4.79 Å². The van der Waals surface area contributed by atoms with Gasteiger partial charge in [0.2, 0.25) is 5.91 Å². The Labute approximate surface area is 118 Å². The smallest absolute Gasteiger partial charge is 0.232 e. The van der Waals surface area contributed by atoms with Crippen LogP contribution in [0.25, 0.3) is 10.2 Å². The van der Waals surface area contributed by atoms with Gasteiger partial charge in [-0.05, 0) is 30.3 Å². The van der Waals surface area contributed by atoms with Crippen LogP contribution in [0.3, 0.4) is 0 Å². The molecular formula is C13H10ClN3OS. The summed E-state index contributed by atoms with van der Waals surface area (Å²) in [5, 5.41) is 4.05. The van der Waals surface area contributed by atoms with Gasteiger partial charge < -0.3 is 10.3 Å². The first kappa shape index (κ1) is 12.2. The van der Waals surface area contributed by atoms with Crippen molar-refractivity contribution in [3.63, 3.8) is 0 Å². The summed E-state index contributed by atoms with van der Waals surface area (Å²) in [6.45, 7) is 0. The average Bonchev–Trinajstić information content (AvgIpc) is 2.97. The van der Waals surface area contributed by atoms with E-state index < -0.39 is 0 Å². The van der Waals surface area contributed by atoms with Crippen LogP contribution in [-0.2, 0) is 11.2 Å². The number of thiazole rings is 1. The molecule has 3 aromatic rings. The van der Waals surface area contributed by atoms with Crippen LogP contribution in [0, 0.1) is 0 Å². The van der Waals surface area contributed by atoms with Crippen LogP contribution >= 0.6 is 22.9 Å². The zero-order chi connectivity index (χ0) is 13.2. The Bertz CT molecular complexity index is 721. The number of aromatic nitrogens is 2. The number of H-pyrrole nitrogens is 1. The number of fused-ring (bicyclic) bond motifs is 1. The molecule has 2 N–H and O–H groups in total. The largest absolute Gasteiger partial charge is 0.365 e. The summed E-state index contributed by atoms with van der Waals surface area (Å²) < 4.78 is 0.961. The van der Waals surface area contributed by atoms with E-state index in [2.05, 4.69) is 15.3 Å². The van der Waals surface area contributed by atoms with Crippen molar-refractivity contribution in [1.29, 1.82) is 0 Å². The van der Waals surface area contributed by atoms with Crippen LogP contribution in [0.2, 0.25) is 5.02 Å². The second-order valence-electron chi connectivity index (χ2n) is 4.05. The summed E-state index contributed by atoms with van der Waals surface area (Å²) in [5.74, 6) is -0.0902. The Balaban J connectivity index is 1.76. The van der Waals surface area contributed by atoms with Crippen molar-refractivity contribution in [3.8, 4) is 0 Å². The number of hydrogen-bond donors (Lipinski definition) is 2. The minimum absolute atomic E-state index is 0.0902. The standard InChI is InChI=1S/C13H10ClN3OS/c14-8-3-4-10-11(6-8)19-13(16-10)17-12(18)7-9-2-1-5-15-9/h1-6,15H,7H2,(H,16,17,18).